The maximum absolute atomic E-state index is 12.6. The molecule has 3 atom stereocenters. The summed E-state index contributed by atoms with van der Waals surface area (Å²) in [6, 6.07) is 0.112. The Labute approximate surface area is 136 Å². The van der Waals surface area contributed by atoms with Gasteiger partial charge in [-0.25, -0.2) is 4.68 Å². The lowest BCUT2D eigenvalue weighted by molar-refractivity contribution is -0.146. The number of hydrogen-bond acceptors (Lipinski definition) is 5. The second-order valence-corrected chi connectivity index (χ2v) is 7.12. The maximum atomic E-state index is 12.6. The fourth-order valence-electron chi connectivity index (χ4n) is 2.59. The highest BCUT2D eigenvalue weighted by atomic mass is 32.2. The van der Waals surface area contributed by atoms with Crippen molar-refractivity contribution in [2.45, 2.75) is 62.2 Å². The van der Waals surface area contributed by atoms with Crippen molar-refractivity contribution in [1.29, 1.82) is 0 Å². The number of hydrogen-bond donors (Lipinski definition) is 2. The van der Waals surface area contributed by atoms with E-state index in [0.29, 0.717) is 10.6 Å². The van der Waals surface area contributed by atoms with E-state index in [0.717, 1.165) is 37.4 Å². The number of nitrogens with two attached hydrogens (primary N) is 1. The number of nitrogens with one attached hydrogen (secondary N) is 1. The fourth-order valence-corrected chi connectivity index (χ4v) is 3.37. The number of nitrogen functional groups attached to an aromatic ring is 1. The zero-order chi connectivity index (χ0) is 17.2. The van der Waals surface area contributed by atoms with Crippen LogP contribution in [0, 0.1) is 5.92 Å². The van der Waals surface area contributed by atoms with Crippen molar-refractivity contribution in [2.24, 2.45) is 5.92 Å². The Kier molecular flexibility index (Phi) is 5.43. The normalized spacial score (nSPS) is 23.5. The summed E-state index contributed by atoms with van der Waals surface area (Å²) in [5.74, 6) is 4.25. The molecule has 0 spiro atoms. The zero-order valence-electron chi connectivity index (χ0n) is 12.9. The number of carbonyl (C=O) groups excluding carboxylic acids is 1. The summed E-state index contributed by atoms with van der Waals surface area (Å²) in [4.78, 5) is 12.2. The molecule has 1 heterocycles. The molecule has 0 saturated heterocycles. The van der Waals surface area contributed by atoms with Gasteiger partial charge < -0.3 is 11.2 Å². The highest BCUT2D eigenvalue weighted by molar-refractivity contribution is 8.00. The fraction of sp³-hybridized carbons (Fsp3) is 0.769. The van der Waals surface area contributed by atoms with E-state index in [1.807, 2.05) is 0 Å². The molecule has 0 radical (unpaired) electrons. The van der Waals surface area contributed by atoms with E-state index in [-0.39, 0.29) is 17.1 Å². The molecule has 23 heavy (non-hydrogen) atoms. The summed E-state index contributed by atoms with van der Waals surface area (Å²) in [6.45, 7) is 3.70. The third-order valence-corrected chi connectivity index (χ3v) is 5.07. The van der Waals surface area contributed by atoms with Gasteiger partial charge in [0.2, 0.25) is 11.1 Å². The van der Waals surface area contributed by atoms with Crippen molar-refractivity contribution >= 4 is 17.7 Å². The van der Waals surface area contributed by atoms with Gasteiger partial charge in [-0.1, -0.05) is 31.5 Å². The molecule has 1 aromatic heterocycles. The van der Waals surface area contributed by atoms with E-state index >= 15 is 0 Å². The molecule has 0 aromatic carbocycles. The molecule has 2 rings (SSSR count). The molecule has 0 unspecified atom stereocenters. The smallest absolute Gasteiger partial charge is 0.352 e. The van der Waals surface area contributed by atoms with Crippen molar-refractivity contribution < 1.29 is 18.0 Å². The van der Waals surface area contributed by atoms with Gasteiger partial charge in [0.05, 0.1) is 5.25 Å². The van der Waals surface area contributed by atoms with Crippen LogP contribution in [0.15, 0.2) is 5.16 Å². The Morgan fingerprint density at radius 3 is 2.61 bits per heavy atom. The number of rotatable bonds is 4. The molecular weight excluding hydrogens is 331 g/mol. The van der Waals surface area contributed by atoms with Gasteiger partial charge in [0.15, 0.2) is 0 Å². The third kappa shape index (κ3) is 4.30. The quantitative estimate of drug-likeness (QED) is 0.641. The maximum Gasteiger partial charge on any atom is 0.453 e. The van der Waals surface area contributed by atoms with Crippen LogP contribution in [0.3, 0.4) is 0 Å². The number of carbonyl (C=O) groups is 1. The van der Waals surface area contributed by atoms with Crippen LogP contribution in [-0.4, -0.2) is 32.1 Å². The molecule has 1 fully saturated rings. The molecule has 1 saturated carbocycles. The minimum atomic E-state index is -4.68. The molecule has 1 amide bonds. The minimum Gasteiger partial charge on any atom is -0.352 e. The van der Waals surface area contributed by atoms with Crippen LogP contribution in [0.2, 0.25) is 0 Å². The summed E-state index contributed by atoms with van der Waals surface area (Å²) in [5.41, 5.74) is 0. The van der Waals surface area contributed by atoms with Crippen molar-refractivity contribution in [3.8, 4) is 0 Å². The van der Waals surface area contributed by atoms with E-state index in [9.17, 15) is 18.0 Å². The first-order valence-electron chi connectivity index (χ1n) is 7.45. The van der Waals surface area contributed by atoms with Crippen molar-refractivity contribution in [3.05, 3.63) is 5.82 Å². The standard InChI is InChI=1S/C13H20F3N5OS/c1-7-5-3-4-6-9(7)18-10(22)8(2)23-12-20-19-11(21(12)17)13(14,15)16/h7-9H,3-6,17H2,1-2H3,(H,18,22)/t7-,8+,9-/m0/s1. The second kappa shape index (κ2) is 6.98. The Bertz CT molecular complexity index is 562. The summed E-state index contributed by atoms with van der Waals surface area (Å²) in [6.07, 6.45) is -0.449. The van der Waals surface area contributed by atoms with Gasteiger partial charge in [0.1, 0.15) is 0 Å². The van der Waals surface area contributed by atoms with Crippen LogP contribution in [0.5, 0.6) is 0 Å². The van der Waals surface area contributed by atoms with Gasteiger partial charge in [-0.3, -0.25) is 4.79 Å². The summed E-state index contributed by atoms with van der Waals surface area (Å²) >= 11 is 0.857. The van der Waals surface area contributed by atoms with Gasteiger partial charge in [-0.2, -0.15) is 13.2 Å². The lowest BCUT2D eigenvalue weighted by atomic mass is 9.86. The monoisotopic (exact) mass is 351 g/mol. The van der Waals surface area contributed by atoms with E-state index in [2.05, 4.69) is 22.4 Å². The summed E-state index contributed by atoms with van der Waals surface area (Å²) in [7, 11) is 0. The first-order chi connectivity index (χ1) is 10.7. The Morgan fingerprint density at radius 2 is 2.04 bits per heavy atom. The molecule has 6 nitrogen and oxygen atoms in total. The SMILES string of the molecule is C[C@@H](Sc1nnc(C(F)(F)F)n1N)C(=O)N[C@H]1CCCC[C@@H]1C. The van der Waals surface area contributed by atoms with Crippen molar-refractivity contribution in [2.75, 3.05) is 5.84 Å². The van der Waals surface area contributed by atoms with Crippen LogP contribution in [0.25, 0.3) is 0 Å². The Morgan fingerprint density at radius 1 is 1.39 bits per heavy atom. The Hall–Kier alpha value is -1.45. The predicted octanol–water partition coefficient (Wildman–Crippen LogP) is 2.19. The highest BCUT2D eigenvalue weighted by Gasteiger charge is 2.38. The van der Waals surface area contributed by atoms with Crippen LogP contribution < -0.4 is 11.2 Å². The summed E-state index contributed by atoms with van der Waals surface area (Å²) < 4.78 is 38.2. The van der Waals surface area contributed by atoms with Crippen molar-refractivity contribution in [3.63, 3.8) is 0 Å². The number of halogens is 3. The largest absolute Gasteiger partial charge is 0.453 e. The first kappa shape index (κ1) is 17.9. The van der Waals surface area contributed by atoms with E-state index in [1.54, 1.807) is 6.92 Å². The molecular formula is C13H20F3N5OS. The van der Waals surface area contributed by atoms with Gasteiger partial charge in [0.25, 0.3) is 5.82 Å². The number of alkyl halides is 3. The molecule has 130 valence electrons. The van der Waals surface area contributed by atoms with E-state index < -0.39 is 17.3 Å². The van der Waals surface area contributed by atoms with Crippen LogP contribution in [0.4, 0.5) is 13.2 Å². The molecule has 0 aliphatic heterocycles. The number of aromatic nitrogens is 3. The second-order valence-electron chi connectivity index (χ2n) is 5.81. The summed E-state index contributed by atoms with van der Waals surface area (Å²) in [5, 5.41) is 8.66. The van der Waals surface area contributed by atoms with Crippen LogP contribution in [0.1, 0.15) is 45.4 Å². The minimum absolute atomic E-state index is 0.112. The van der Waals surface area contributed by atoms with Crippen LogP contribution in [-0.2, 0) is 11.0 Å². The molecule has 10 heteroatoms. The molecule has 1 aliphatic carbocycles. The van der Waals surface area contributed by atoms with Gasteiger partial charge in [-0.15, -0.1) is 10.2 Å². The van der Waals surface area contributed by atoms with Crippen LogP contribution >= 0.6 is 11.8 Å². The van der Waals surface area contributed by atoms with Gasteiger partial charge >= 0.3 is 6.18 Å². The molecule has 1 aliphatic rings. The topological polar surface area (TPSA) is 85.8 Å². The third-order valence-electron chi connectivity index (χ3n) is 4.01. The molecule has 3 N–H and O–H groups in total. The van der Waals surface area contributed by atoms with Crippen molar-refractivity contribution in [1.82, 2.24) is 20.2 Å². The lowest BCUT2D eigenvalue weighted by Crippen LogP contribution is -2.44. The average Bonchev–Trinajstić information content (AvgIpc) is 2.82. The highest BCUT2D eigenvalue weighted by Crippen LogP contribution is 2.30. The molecule has 1 aromatic rings. The van der Waals surface area contributed by atoms with Gasteiger partial charge in [-0.05, 0) is 25.7 Å². The average molecular weight is 351 g/mol. The number of amides is 1. The zero-order valence-corrected chi connectivity index (χ0v) is 13.7. The van der Waals surface area contributed by atoms with E-state index in [1.165, 1.54) is 0 Å². The first-order valence-corrected chi connectivity index (χ1v) is 8.33. The van der Waals surface area contributed by atoms with Gasteiger partial charge in [0, 0.05) is 6.04 Å². The molecule has 0 bridgehead atoms. The Balaban J connectivity index is 1.97. The van der Waals surface area contributed by atoms with E-state index in [4.69, 9.17) is 5.84 Å². The number of thioether (sulfide) groups is 1. The number of nitrogens with zero attached hydrogens (tertiary/aromatic N) is 3. The predicted molar refractivity (Wildman–Crippen MR) is 80.1 cm³/mol. The lowest BCUT2D eigenvalue weighted by Gasteiger charge is -2.30.